The maximum Gasteiger partial charge on any atom is 0.191 e. The standard InChI is InChI=1S/C17H28FN3O2/c1-3-4-10-22-12-13-23-11-9-20-17(19-2)21-14-15-5-7-16(18)8-6-15/h5-8H,3-4,9-14H2,1-2H3,(H2,19,20,21). The second-order valence-electron chi connectivity index (χ2n) is 5.06. The number of aliphatic imine (C=N–C) groups is 1. The van der Waals surface area contributed by atoms with E-state index in [1.54, 1.807) is 19.2 Å². The van der Waals surface area contributed by atoms with Crippen molar-refractivity contribution in [2.24, 2.45) is 4.99 Å². The van der Waals surface area contributed by atoms with Crippen molar-refractivity contribution in [3.8, 4) is 0 Å². The average molecular weight is 325 g/mol. The van der Waals surface area contributed by atoms with Gasteiger partial charge >= 0.3 is 0 Å². The van der Waals surface area contributed by atoms with Crippen molar-refractivity contribution in [3.63, 3.8) is 0 Å². The summed E-state index contributed by atoms with van der Waals surface area (Å²) < 4.78 is 23.7. The lowest BCUT2D eigenvalue weighted by atomic mass is 10.2. The molecule has 23 heavy (non-hydrogen) atoms. The van der Waals surface area contributed by atoms with Crippen LogP contribution in [0, 0.1) is 5.82 Å². The molecule has 0 amide bonds. The van der Waals surface area contributed by atoms with Gasteiger partial charge in [0.1, 0.15) is 5.82 Å². The van der Waals surface area contributed by atoms with Gasteiger partial charge in [-0.2, -0.15) is 0 Å². The highest BCUT2D eigenvalue weighted by molar-refractivity contribution is 5.79. The van der Waals surface area contributed by atoms with Crippen molar-refractivity contribution in [2.75, 3.05) is 40.0 Å². The first-order chi connectivity index (χ1) is 11.3. The van der Waals surface area contributed by atoms with Crippen molar-refractivity contribution < 1.29 is 13.9 Å². The van der Waals surface area contributed by atoms with Crippen LogP contribution in [0.1, 0.15) is 25.3 Å². The van der Waals surface area contributed by atoms with E-state index in [0.29, 0.717) is 38.9 Å². The van der Waals surface area contributed by atoms with E-state index in [9.17, 15) is 4.39 Å². The Morgan fingerprint density at radius 1 is 1.04 bits per heavy atom. The molecule has 0 heterocycles. The first kappa shape index (κ1) is 19.4. The zero-order chi connectivity index (χ0) is 16.8. The minimum atomic E-state index is -0.230. The smallest absolute Gasteiger partial charge is 0.191 e. The lowest BCUT2D eigenvalue weighted by Gasteiger charge is -2.12. The van der Waals surface area contributed by atoms with Crippen molar-refractivity contribution in [1.82, 2.24) is 10.6 Å². The number of nitrogens with zero attached hydrogens (tertiary/aromatic N) is 1. The third-order valence-corrected chi connectivity index (χ3v) is 3.15. The van der Waals surface area contributed by atoms with Gasteiger partial charge in [0.2, 0.25) is 0 Å². The molecule has 0 fully saturated rings. The van der Waals surface area contributed by atoms with Gasteiger partial charge < -0.3 is 20.1 Å². The third kappa shape index (κ3) is 9.86. The van der Waals surface area contributed by atoms with E-state index in [1.807, 2.05) is 0 Å². The van der Waals surface area contributed by atoms with Crippen molar-refractivity contribution in [3.05, 3.63) is 35.6 Å². The molecule has 0 saturated carbocycles. The summed E-state index contributed by atoms with van der Waals surface area (Å²) in [7, 11) is 1.71. The molecule has 0 aromatic heterocycles. The fourth-order valence-electron chi connectivity index (χ4n) is 1.82. The van der Waals surface area contributed by atoms with Gasteiger partial charge in [-0.25, -0.2) is 4.39 Å². The fourth-order valence-corrected chi connectivity index (χ4v) is 1.82. The van der Waals surface area contributed by atoms with E-state index in [2.05, 4.69) is 22.5 Å². The van der Waals surface area contributed by atoms with E-state index in [1.165, 1.54) is 12.1 Å². The monoisotopic (exact) mass is 325 g/mol. The molecule has 1 aromatic carbocycles. The molecule has 0 unspecified atom stereocenters. The highest BCUT2D eigenvalue weighted by Gasteiger charge is 1.98. The number of guanidine groups is 1. The van der Waals surface area contributed by atoms with Crippen molar-refractivity contribution in [1.29, 1.82) is 0 Å². The molecule has 0 spiro atoms. The molecule has 0 radical (unpaired) electrons. The molecule has 130 valence electrons. The topological polar surface area (TPSA) is 54.9 Å². The molecule has 5 nitrogen and oxygen atoms in total. The summed E-state index contributed by atoms with van der Waals surface area (Å²) in [5.41, 5.74) is 0.995. The Bertz CT molecular complexity index is 438. The summed E-state index contributed by atoms with van der Waals surface area (Å²) in [6.45, 7) is 6.03. The van der Waals surface area contributed by atoms with E-state index in [0.717, 1.165) is 25.0 Å². The van der Waals surface area contributed by atoms with Crippen molar-refractivity contribution in [2.45, 2.75) is 26.3 Å². The molecule has 0 aliphatic heterocycles. The van der Waals surface area contributed by atoms with Gasteiger partial charge in [0.15, 0.2) is 5.96 Å². The molecule has 0 atom stereocenters. The molecular weight excluding hydrogens is 297 g/mol. The maximum atomic E-state index is 12.8. The Labute approximate surface area is 138 Å². The summed E-state index contributed by atoms with van der Waals surface area (Å²) in [6.07, 6.45) is 2.24. The molecule has 6 heteroatoms. The summed E-state index contributed by atoms with van der Waals surface area (Å²) >= 11 is 0. The second kappa shape index (κ2) is 12.8. The first-order valence-corrected chi connectivity index (χ1v) is 8.10. The normalized spacial score (nSPS) is 11.5. The van der Waals surface area contributed by atoms with Gasteiger partial charge in [-0.1, -0.05) is 25.5 Å². The van der Waals surface area contributed by atoms with Gasteiger partial charge in [0.25, 0.3) is 0 Å². The minimum absolute atomic E-state index is 0.230. The Morgan fingerprint density at radius 2 is 1.74 bits per heavy atom. The SMILES string of the molecule is CCCCOCCOCCNC(=NC)NCc1ccc(F)cc1. The molecule has 0 saturated heterocycles. The number of hydrogen-bond acceptors (Lipinski definition) is 3. The van der Waals surface area contributed by atoms with Crippen LogP contribution >= 0.6 is 0 Å². The number of hydrogen-bond donors (Lipinski definition) is 2. The predicted molar refractivity (Wildman–Crippen MR) is 91.1 cm³/mol. The number of benzene rings is 1. The maximum absolute atomic E-state index is 12.8. The fraction of sp³-hybridized carbons (Fsp3) is 0.588. The lowest BCUT2D eigenvalue weighted by molar-refractivity contribution is 0.0487. The Morgan fingerprint density at radius 3 is 2.39 bits per heavy atom. The van der Waals surface area contributed by atoms with Crippen LogP contribution in [-0.2, 0) is 16.0 Å². The van der Waals surface area contributed by atoms with E-state index in [-0.39, 0.29) is 5.82 Å². The van der Waals surface area contributed by atoms with Gasteiger partial charge in [0.05, 0.1) is 19.8 Å². The molecule has 1 rings (SSSR count). The second-order valence-corrected chi connectivity index (χ2v) is 5.06. The molecule has 0 aliphatic carbocycles. The first-order valence-electron chi connectivity index (χ1n) is 8.10. The molecule has 0 aliphatic rings. The number of rotatable bonds is 11. The summed E-state index contributed by atoms with van der Waals surface area (Å²) in [5, 5.41) is 6.33. The number of nitrogens with one attached hydrogen (secondary N) is 2. The number of ether oxygens (including phenoxy) is 2. The number of halogens is 1. The Kier molecular flexibility index (Phi) is 10.8. The van der Waals surface area contributed by atoms with Crippen LogP contribution in [0.4, 0.5) is 4.39 Å². The zero-order valence-electron chi connectivity index (χ0n) is 14.1. The predicted octanol–water partition coefficient (Wildman–Crippen LogP) is 2.32. The number of unbranched alkanes of at least 4 members (excludes halogenated alkanes) is 1. The van der Waals surface area contributed by atoms with Crippen LogP contribution in [0.3, 0.4) is 0 Å². The molecule has 0 bridgehead atoms. The van der Waals surface area contributed by atoms with Crippen LogP contribution in [0.2, 0.25) is 0 Å². The highest BCUT2D eigenvalue weighted by atomic mass is 19.1. The van der Waals surface area contributed by atoms with Gasteiger partial charge in [-0.05, 0) is 24.1 Å². The summed E-state index contributed by atoms with van der Waals surface area (Å²) in [6, 6.07) is 6.39. The summed E-state index contributed by atoms with van der Waals surface area (Å²) in [5.74, 6) is 0.462. The molecule has 2 N–H and O–H groups in total. The quantitative estimate of drug-likeness (QED) is 0.372. The Balaban J connectivity index is 2.04. The van der Waals surface area contributed by atoms with Crippen LogP contribution in [0.15, 0.2) is 29.3 Å². The molecular formula is C17H28FN3O2. The van der Waals surface area contributed by atoms with Crippen LogP contribution in [0.25, 0.3) is 0 Å². The Hall–Kier alpha value is -1.66. The van der Waals surface area contributed by atoms with Crippen molar-refractivity contribution >= 4 is 5.96 Å². The summed E-state index contributed by atoms with van der Waals surface area (Å²) in [4.78, 5) is 4.13. The highest BCUT2D eigenvalue weighted by Crippen LogP contribution is 2.01. The van der Waals surface area contributed by atoms with Crippen LogP contribution < -0.4 is 10.6 Å². The van der Waals surface area contributed by atoms with Gasteiger partial charge in [0, 0.05) is 26.7 Å². The van der Waals surface area contributed by atoms with Crippen LogP contribution in [-0.4, -0.2) is 46.0 Å². The van der Waals surface area contributed by atoms with E-state index in [4.69, 9.17) is 9.47 Å². The average Bonchev–Trinajstić information content (AvgIpc) is 2.57. The van der Waals surface area contributed by atoms with E-state index < -0.39 is 0 Å². The van der Waals surface area contributed by atoms with Gasteiger partial charge in [-0.3, -0.25) is 4.99 Å². The van der Waals surface area contributed by atoms with Gasteiger partial charge in [-0.15, -0.1) is 0 Å². The zero-order valence-corrected chi connectivity index (χ0v) is 14.1. The lowest BCUT2D eigenvalue weighted by Crippen LogP contribution is -2.38. The third-order valence-electron chi connectivity index (χ3n) is 3.15. The minimum Gasteiger partial charge on any atom is -0.379 e. The van der Waals surface area contributed by atoms with E-state index >= 15 is 0 Å². The molecule has 1 aromatic rings. The largest absolute Gasteiger partial charge is 0.379 e. The van der Waals surface area contributed by atoms with Crippen LogP contribution in [0.5, 0.6) is 0 Å².